The van der Waals surface area contributed by atoms with Crippen molar-refractivity contribution < 1.29 is 0 Å². The van der Waals surface area contributed by atoms with Gasteiger partial charge in [0.25, 0.3) is 0 Å². The fourth-order valence-electron chi connectivity index (χ4n) is 2.37. The maximum atomic E-state index is 4.61. The lowest BCUT2D eigenvalue weighted by Gasteiger charge is -1.99. The van der Waals surface area contributed by atoms with E-state index in [9.17, 15) is 0 Å². The number of fused-ring (bicyclic) bond motifs is 3. The van der Waals surface area contributed by atoms with Crippen molar-refractivity contribution in [3.05, 3.63) is 34.8 Å². The van der Waals surface area contributed by atoms with Crippen LogP contribution >= 0.6 is 11.3 Å². The number of aromatic nitrogens is 2. The topological polar surface area (TPSA) is 25.8 Å². The molecule has 0 N–H and O–H groups in total. The lowest BCUT2D eigenvalue weighted by atomic mass is 10.1. The summed E-state index contributed by atoms with van der Waals surface area (Å²) in [5.74, 6) is 0.855. The average molecular weight is 242 g/mol. The van der Waals surface area contributed by atoms with Crippen molar-refractivity contribution in [3.63, 3.8) is 0 Å². The SMILES string of the molecule is Cc1cc(C)c2sc3c(C)nc(C)nc3c2c1. The fourth-order valence-corrected chi connectivity index (χ4v) is 3.51. The molecule has 2 heterocycles. The van der Waals surface area contributed by atoms with Crippen molar-refractivity contribution in [1.82, 2.24) is 9.97 Å². The van der Waals surface area contributed by atoms with Gasteiger partial charge in [-0.1, -0.05) is 11.6 Å². The number of benzene rings is 1. The van der Waals surface area contributed by atoms with Crippen molar-refractivity contribution in [1.29, 1.82) is 0 Å². The molecule has 0 bridgehead atoms. The predicted octanol–water partition coefficient (Wildman–Crippen LogP) is 4.08. The fraction of sp³-hybridized carbons (Fsp3) is 0.286. The molecule has 3 aromatic rings. The molecule has 0 saturated carbocycles. The summed E-state index contributed by atoms with van der Waals surface area (Å²) < 4.78 is 2.56. The van der Waals surface area contributed by atoms with Gasteiger partial charge < -0.3 is 0 Å². The zero-order valence-corrected chi connectivity index (χ0v) is 11.3. The van der Waals surface area contributed by atoms with E-state index in [2.05, 4.69) is 42.9 Å². The molecule has 1 aromatic carbocycles. The van der Waals surface area contributed by atoms with Gasteiger partial charge in [0, 0.05) is 10.1 Å². The first kappa shape index (κ1) is 10.7. The smallest absolute Gasteiger partial charge is 0.126 e. The summed E-state index contributed by atoms with van der Waals surface area (Å²) in [5.41, 5.74) is 4.83. The highest BCUT2D eigenvalue weighted by Gasteiger charge is 2.12. The van der Waals surface area contributed by atoms with Crippen LogP contribution in [0.5, 0.6) is 0 Å². The first-order valence-corrected chi connectivity index (χ1v) is 6.52. The molecule has 2 aromatic heterocycles. The molecule has 0 atom stereocenters. The number of aryl methyl sites for hydroxylation is 4. The van der Waals surface area contributed by atoms with Crippen molar-refractivity contribution in [2.45, 2.75) is 27.7 Å². The van der Waals surface area contributed by atoms with Crippen molar-refractivity contribution >= 4 is 31.6 Å². The molecule has 0 saturated heterocycles. The highest BCUT2D eigenvalue weighted by atomic mass is 32.1. The number of rotatable bonds is 0. The molecule has 0 amide bonds. The van der Waals surface area contributed by atoms with Gasteiger partial charge in [-0.2, -0.15) is 0 Å². The van der Waals surface area contributed by atoms with E-state index in [0.717, 1.165) is 17.0 Å². The Balaban J connectivity index is 2.60. The Morgan fingerprint density at radius 2 is 1.71 bits per heavy atom. The van der Waals surface area contributed by atoms with Crippen molar-refractivity contribution in [3.8, 4) is 0 Å². The Morgan fingerprint density at radius 3 is 2.47 bits per heavy atom. The van der Waals surface area contributed by atoms with E-state index in [1.807, 2.05) is 18.3 Å². The summed E-state index contributed by atoms with van der Waals surface area (Å²) in [6.07, 6.45) is 0. The van der Waals surface area contributed by atoms with E-state index in [1.54, 1.807) is 0 Å². The zero-order valence-electron chi connectivity index (χ0n) is 10.5. The summed E-state index contributed by atoms with van der Waals surface area (Å²) in [6.45, 7) is 8.32. The van der Waals surface area contributed by atoms with Crippen LogP contribution in [0.1, 0.15) is 22.6 Å². The van der Waals surface area contributed by atoms with Crippen LogP contribution < -0.4 is 0 Å². The zero-order chi connectivity index (χ0) is 12.2. The van der Waals surface area contributed by atoms with Crippen LogP contribution in [0.3, 0.4) is 0 Å². The van der Waals surface area contributed by atoms with Crippen LogP contribution in [0.2, 0.25) is 0 Å². The predicted molar refractivity (Wildman–Crippen MR) is 73.9 cm³/mol. The quantitative estimate of drug-likeness (QED) is 0.593. The minimum Gasteiger partial charge on any atom is -0.237 e. The van der Waals surface area contributed by atoms with Gasteiger partial charge in [0.2, 0.25) is 0 Å². The second-order valence-corrected chi connectivity index (χ2v) is 5.62. The van der Waals surface area contributed by atoms with E-state index in [0.29, 0.717) is 0 Å². The summed E-state index contributed by atoms with van der Waals surface area (Å²) >= 11 is 1.81. The molecule has 0 spiro atoms. The average Bonchev–Trinajstić information content (AvgIpc) is 2.58. The third-order valence-electron chi connectivity index (χ3n) is 3.03. The van der Waals surface area contributed by atoms with Crippen LogP contribution in [-0.4, -0.2) is 9.97 Å². The van der Waals surface area contributed by atoms with Gasteiger partial charge in [0.15, 0.2) is 0 Å². The highest BCUT2D eigenvalue weighted by Crippen LogP contribution is 2.36. The maximum absolute atomic E-state index is 4.61. The number of hydrogen-bond acceptors (Lipinski definition) is 3. The monoisotopic (exact) mass is 242 g/mol. The Hall–Kier alpha value is -1.48. The summed E-state index contributed by atoms with van der Waals surface area (Å²) in [4.78, 5) is 9.05. The highest BCUT2D eigenvalue weighted by molar-refractivity contribution is 7.26. The lowest BCUT2D eigenvalue weighted by molar-refractivity contribution is 1.06. The Kier molecular flexibility index (Phi) is 2.20. The Bertz CT molecular complexity index is 679. The molecule has 3 heteroatoms. The van der Waals surface area contributed by atoms with Crippen LogP contribution in [0.25, 0.3) is 20.3 Å². The number of nitrogens with zero attached hydrogens (tertiary/aromatic N) is 2. The van der Waals surface area contributed by atoms with Crippen LogP contribution in [-0.2, 0) is 0 Å². The van der Waals surface area contributed by atoms with Gasteiger partial charge in [-0.3, -0.25) is 0 Å². The van der Waals surface area contributed by atoms with E-state index in [4.69, 9.17) is 0 Å². The molecular formula is C14H14N2S. The van der Waals surface area contributed by atoms with Gasteiger partial charge in [0.05, 0.1) is 15.9 Å². The standard InChI is InChI=1S/C14H14N2S/c1-7-5-8(2)13-11(6-7)12-14(17-13)9(3)15-10(4)16-12/h5-6H,1-4H3. The summed E-state index contributed by atoms with van der Waals surface area (Å²) in [6, 6.07) is 4.46. The second kappa shape index (κ2) is 3.50. The maximum Gasteiger partial charge on any atom is 0.126 e. The number of hydrogen-bond donors (Lipinski definition) is 0. The molecule has 2 nitrogen and oxygen atoms in total. The van der Waals surface area contributed by atoms with E-state index >= 15 is 0 Å². The molecule has 0 aliphatic rings. The Labute approximate surface area is 104 Å². The third kappa shape index (κ3) is 1.53. The first-order chi connectivity index (χ1) is 8.06. The van der Waals surface area contributed by atoms with E-state index in [-0.39, 0.29) is 0 Å². The van der Waals surface area contributed by atoms with Crippen molar-refractivity contribution in [2.24, 2.45) is 0 Å². The van der Waals surface area contributed by atoms with Gasteiger partial charge in [-0.05, 0) is 39.3 Å². The first-order valence-electron chi connectivity index (χ1n) is 5.71. The molecule has 0 fully saturated rings. The molecule has 3 rings (SSSR count). The minimum atomic E-state index is 0.855. The summed E-state index contributed by atoms with van der Waals surface area (Å²) in [5, 5.41) is 1.27. The van der Waals surface area contributed by atoms with Crippen molar-refractivity contribution in [2.75, 3.05) is 0 Å². The molecule has 86 valence electrons. The minimum absolute atomic E-state index is 0.855. The summed E-state index contributed by atoms with van der Waals surface area (Å²) in [7, 11) is 0. The molecular weight excluding hydrogens is 228 g/mol. The molecule has 0 radical (unpaired) electrons. The van der Waals surface area contributed by atoms with Gasteiger partial charge in [-0.15, -0.1) is 11.3 Å². The number of thiophene rings is 1. The molecule has 0 unspecified atom stereocenters. The lowest BCUT2D eigenvalue weighted by Crippen LogP contribution is -1.90. The second-order valence-electron chi connectivity index (χ2n) is 4.59. The molecule has 0 aliphatic heterocycles. The van der Waals surface area contributed by atoms with Gasteiger partial charge in [-0.25, -0.2) is 9.97 Å². The van der Waals surface area contributed by atoms with Crippen LogP contribution in [0.15, 0.2) is 12.1 Å². The van der Waals surface area contributed by atoms with E-state index < -0.39 is 0 Å². The van der Waals surface area contributed by atoms with Gasteiger partial charge >= 0.3 is 0 Å². The normalized spacial score (nSPS) is 11.5. The third-order valence-corrected chi connectivity index (χ3v) is 4.46. The largest absolute Gasteiger partial charge is 0.237 e. The van der Waals surface area contributed by atoms with E-state index in [1.165, 1.54) is 25.9 Å². The molecule has 0 aliphatic carbocycles. The van der Waals surface area contributed by atoms with Crippen LogP contribution in [0.4, 0.5) is 0 Å². The van der Waals surface area contributed by atoms with Crippen LogP contribution in [0, 0.1) is 27.7 Å². The molecule has 17 heavy (non-hydrogen) atoms. The van der Waals surface area contributed by atoms with Gasteiger partial charge in [0.1, 0.15) is 5.82 Å². The Morgan fingerprint density at radius 1 is 0.941 bits per heavy atom.